The van der Waals surface area contributed by atoms with Gasteiger partial charge in [-0.25, -0.2) is 14.3 Å². The molecule has 1 heterocycles. The number of carbonyl (C=O) groups is 3. The number of nitro benzene ring substituents is 1. The fourth-order valence-corrected chi connectivity index (χ4v) is 5.72. The second-order valence-electron chi connectivity index (χ2n) is 15.3. The Kier molecular flexibility index (Phi) is 14.9. The van der Waals surface area contributed by atoms with Crippen LogP contribution >= 0.6 is 0 Å². The summed E-state index contributed by atoms with van der Waals surface area (Å²) in [6.07, 6.45) is 2.37. The van der Waals surface area contributed by atoms with Gasteiger partial charge in [-0.1, -0.05) is 50.0 Å². The molecule has 52 heavy (non-hydrogen) atoms. The molecule has 3 rings (SSSR count). The first-order chi connectivity index (χ1) is 24.3. The molecular weight excluding hydrogens is 687 g/mol. The van der Waals surface area contributed by atoms with Crippen LogP contribution < -0.4 is 15.4 Å². The van der Waals surface area contributed by atoms with Gasteiger partial charge in [0.1, 0.15) is 23.6 Å². The predicted molar refractivity (Wildman–Crippen MR) is 199 cm³/mol. The zero-order chi connectivity index (χ0) is 38.5. The Morgan fingerprint density at radius 1 is 0.962 bits per heavy atom. The second kappa shape index (κ2) is 18.6. The minimum absolute atomic E-state index is 0.0721. The van der Waals surface area contributed by atoms with Crippen LogP contribution in [0.15, 0.2) is 60.8 Å². The third-order valence-electron chi connectivity index (χ3n) is 7.75. The van der Waals surface area contributed by atoms with Crippen molar-refractivity contribution in [3.05, 3.63) is 87.7 Å². The Bertz CT molecular complexity index is 1630. The molecule has 15 heteroatoms. The Morgan fingerprint density at radius 3 is 2.25 bits per heavy atom. The topological polar surface area (TPSA) is 173 Å². The smallest absolute Gasteiger partial charge is 0.444 e. The molecule has 2 amide bonds. The van der Waals surface area contributed by atoms with Crippen molar-refractivity contribution in [3.63, 3.8) is 0 Å². The third-order valence-corrected chi connectivity index (χ3v) is 9.45. The maximum Gasteiger partial charge on any atom is 0.513 e. The Morgan fingerprint density at radius 2 is 1.63 bits per heavy atom. The van der Waals surface area contributed by atoms with Crippen molar-refractivity contribution < 1.29 is 38.3 Å². The van der Waals surface area contributed by atoms with E-state index in [0.717, 1.165) is 23.6 Å². The van der Waals surface area contributed by atoms with E-state index in [2.05, 4.69) is 30.3 Å². The van der Waals surface area contributed by atoms with Gasteiger partial charge in [0, 0.05) is 39.4 Å². The molecule has 0 radical (unpaired) electrons. The number of amides is 2. The molecule has 0 saturated carbocycles. The highest BCUT2D eigenvalue weighted by Gasteiger charge is 2.34. The normalized spacial score (nSPS) is 12.5. The zero-order valence-electron chi connectivity index (χ0n) is 31.5. The van der Waals surface area contributed by atoms with E-state index in [1.165, 1.54) is 24.3 Å². The molecule has 1 aromatic heterocycles. The summed E-state index contributed by atoms with van der Waals surface area (Å²) in [5, 5.41) is 21.6. The Balaban J connectivity index is 1.82. The van der Waals surface area contributed by atoms with Gasteiger partial charge in [0.05, 0.1) is 23.3 Å². The molecule has 0 spiro atoms. The van der Waals surface area contributed by atoms with Gasteiger partial charge in [-0.3, -0.25) is 14.9 Å². The first-order valence-electron chi connectivity index (χ1n) is 17.4. The number of aromatic nitrogens is 2. The van der Waals surface area contributed by atoms with E-state index in [4.69, 9.17) is 24.0 Å². The summed E-state index contributed by atoms with van der Waals surface area (Å²) in [5.74, 6) is -0.332. The summed E-state index contributed by atoms with van der Waals surface area (Å²) in [6.45, 7) is 16.0. The second-order valence-corrected chi connectivity index (χ2v) is 20.9. The molecule has 0 saturated heterocycles. The van der Waals surface area contributed by atoms with Crippen LogP contribution in [0.4, 0.5) is 15.3 Å². The van der Waals surface area contributed by atoms with Crippen molar-refractivity contribution in [2.75, 3.05) is 13.2 Å². The van der Waals surface area contributed by atoms with Crippen LogP contribution in [0.25, 0.3) is 0 Å². The first kappa shape index (κ1) is 41.7. The number of nitrogens with one attached hydrogen (secondary N) is 2. The lowest BCUT2D eigenvalue weighted by atomic mass is 9.97. The van der Waals surface area contributed by atoms with Crippen molar-refractivity contribution in [3.8, 4) is 5.75 Å². The highest BCUT2D eigenvalue weighted by molar-refractivity contribution is 6.76. The van der Waals surface area contributed by atoms with Gasteiger partial charge in [0.25, 0.3) is 5.69 Å². The number of nitro groups is 1. The number of carbonyl (C=O) groups excluding carboxylic acids is 3. The van der Waals surface area contributed by atoms with Crippen LogP contribution in [-0.2, 0) is 38.6 Å². The van der Waals surface area contributed by atoms with Crippen molar-refractivity contribution in [1.29, 1.82) is 0 Å². The number of benzene rings is 2. The largest absolute Gasteiger partial charge is 0.513 e. The fourth-order valence-electron chi connectivity index (χ4n) is 4.96. The maximum absolute atomic E-state index is 13.8. The average molecular weight is 740 g/mol. The summed E-state index contributed by atoms with van der Waals surface area (Å²) < 4.78 is 23.6. The third kappa shape index (κ3) is 14.8. The minimum atomic E-state index is -1.33. The van der Waals surface area contributed by atoms with Crippen molar-refractivity contribution in [1.82, 2.24) is 20.4 Å². The van der Waals surface area contributed by atoms with E-state index in [1.54, 1.807) is 39.3 Å². The summed E-state index contributed by atoms with van der Waals surface area (Å²) in [6, 6.07) is 15.5. The number of hydrogen-bond donors (Lipinski definition) is 2. The van der Waals surface area contributed by atoms with E-state index in [1.807, 2.05) is 36.5 Å². The molecule has 0 aliphatic carbocycles. The molecule has 1 atom stereocenters. The molecule has 1 unspecified atom stereocenters. The number of ether oxygens (including phenoxy) is 4. The highest BCUT2D eigenvalue weighted by Crippen LogP contribution is 2.25. The van der Waals surface area contributed by atoms with E-state index in [-0.39, 0.29) is 31.2 Å². The number of alkyl carbamates (subject to hydrolysis) is 1. The summed E-state index contributed by atoms with van der Waals surface area (Å²) in [4.78, 5) is 49.3. The fraction of sp³-hybridized carbons (Fsp3) is 0.514. The van der Waals surface area contributed by atoms with Gasteiger partial charge < -0.3 is 29.6 Å². The molecule has 0 aliphatic rings. The summed E-state index contributed by atoms with van der Waals surface area (Å²) in [5.41, 5.74) is 0.250. The highest BCUT2D eigenvalue weighted by atomic mass is 28.3. The van der Waals surface area contributed by atoms with Gasteiger partial charge in [0.2, 0.25) is 5.91 Å². The van der Waals surface area contributed by atoms with Crippen LogP contribution in [0.5, 0.6) is 5.75 Å². The summed E-state index contributed by atoms with van der Waals surface area (Å²) in [7, 11) is -1.32. The summed E-state index contributed by atoms with van der Waals surface area (Å²) >= 11 is 0. The van der Waals surface area contributed by atoms with Gasteiger partial charge in [-0.15, -0.1) is 0 Å². The Hall–Kier alpha value is -4.76. The quantitative estimate of drug-likeness (QED) is 0.0336. The van der Waals surface area contributed by atoms with Crippen molar-refractivity contribution in [2.45, 2.75) is 110 Å². The molecule has 0 aliphatic heterocycles. The number of hydrogen-bond acceptors (Lipinski definition) is 10. The molecule has 284 valence electrons. The predicted octanol–water partition coefficient (Wildman–Crippen LogP) is 7.35. The average Bonchev–Trinajstić information content (AvgIpc) is 3.44. The monoisotopic (exact) mass is 739 g/mol. The molecule has 3 aromatic rings. The van der Waals surface area contributed by atoms with E-state index in [0.29, 0.717) is 25.1 Å². The lowest BCUT2D eigenvalue weighted by molar-refractivity contribution is -0.384. The maximum atomic E-state index is 13.8. The van der Waals surface area contributed by atoms with Gasteiger partial charge in [-0.2, -0.15) is 5.10 Å². The minimum Gasteiger partial charge on any atom is -0.444 e. The van der Waals surface area contributed by atoms with E-state index >= 15 is 0 Å². The van der Waals surface area contributed by atoms with Gasteiger partial charge in [-0.05, 0) is 83.2 Å². The first-order valence-corrected chi connectivity index (χ1v) is 21.1. The molecule has 2 aromatic carbocycles. The zero-order valence-corrected chi connectivity index (χ0v) is 32.5. The molecule has 0 bridgehead atoms. The van der Waals surface area contributed by atoms with Crippen LogP contribution in [-0.4, -0.2) is 65.3 Å². The van der Waals surface area contributed by atoms with E-state index < -0.39 is 48.3 Å². The number of non-ortho nitro benzene ring substituents is 1. The number of aryl methyl sites for hydroxylation is 1. The number of nitrogens with zero attached hydrogens (tertiary/aromatic N) is 3. The van der Waals surface area contributed by atoms with E-state index in [9.17, 15) is 24.5 Å². The Labute approximate surface area is 306 Å². The lowest BCUT2D eigenvalue weighted by Crippen LogP contribution is -2.56. The molecule has 2 N–H and O–H groups in total. The van der Waals surface area contributed by atoms with Crippen LogP contribution in [0.2, 0.25) is 25.7 Å². The van der Waals surface area contributed by atoms with Crippen molar-refractivity contribution >= 4 is 31.9 Å². The molecular formula is C37H53N5O9Si. The number of rotatable bonds is 18. The van der Waals surface area contributed by atoms with Crippen LogP contribution in [0.3, 0.4) is 0 Å². The van der Waals surface area contributed by atoms with Crippen molar-refractivity contribution in [2.24, 2.45) is 0 Å². The lowest BCUT2D eigenvalue weighted by Gasteiger charge is -2.29. The standard InChI is InChI=1S/C37H53N5O9Si/c1-36(2,3)51-34(44)39-37(4,5)33(43)38-31(16-12-15-27-13-10-9-11-14-27)32-28(25-41(40-32)26-48-23-24-52(6,7)8)21-22-49-35(45)50-30-19-17-29(18-20-30)42(46)47/h9-11,13-14,17-20,25,31H,12,15-16,21-24,26H2,1-8H3,(H,38,43)(H,39,44). The van der Waals surface area contributed by atoms with Crippen LogP contribution in [0, 0.1) is 10.1 Å². The van der Waals surface area contributed by atoms with Crippen LogP contribution in [0.1, 0.15) is 70.3 Å². The molecule has 0 fully saturated rings. The van der Waals surface area contributed by atoms with Gasteiger partial charge >= 0.3 is 12.2 Å². The van der Waals surface area contributed by atoms with Gasteiger partial charge in [0.15, 0.2) is 0 Å². The molecule has 14 nitrogen and oxygen atoms in total. The SMILES string of the molecule is CC(C)(C)OC(=O)NC(C)(C)C(=O)NC(CCCc1ccccc1)c1nn(COCC[Si](C)(C)C)cc1CCOC(=O)Oc1ccc([N+](=O)[O-])cc1.